The Balaban J connectivity index is 1.32. The summed E-state index contributed by atoms with van der Waals surface area (Å²) >= 11 is 0. The Kier molecular flexibility index (Phi) is 6.28. The topological polar surface area (TPSA) is 68.0 Å². The number of ether oxygens (including phenoxy) is 2. The Morgan fingerprint density at radius 3 is 2.59 bits per heavy atom. The first-order valence-corrected chi connectivity index (χ1v) is 11.0. The molecule has 2 fully saturated rings. The van der Waals surface area contributed by atoms with E-state index in [0.29, 0.717) is 17.8 Å². The monoisotopic (exact) mass is 399 g/mol. The van der Waals surface area contributed by atoms with Crippen molar-refractivity contribution in [3.8, 4) is 5.75 Å². The number of carbonyl (C=O) groups is 1. The van der Waals surface area contributed by atoms with Crippen LogP contribution in [-0.2, 0) is 9.53 Å². The Hall–Kier alpha value is -2.21. The van der Waals surface area contributed by atoms with Gasteiger partial charge in [-0.25, -0.2) is 0 Å². The molecule has 1 saturated heterocycles. The van der Waals surface area contributed by atoms with Crippen LogP contribution in [0.4, 0.5) is 0 Å². The van der Waals surface area contributed by atoms with Crippen LogP contribution in [0.1, 0.15) is 63.7 Å². The van der Waals surface area contributed by atoms with Crippen molar-refractivity contribution in [2.24, 2.45) is 5.73 Å². The molecule has 0 radical (unpaired) electrons. The van der Waals surface area contributed by atoms with Crippen LogP contribution < -0.4 is 10.5 Å². The molecule has 4 rings (SSSR count). The summed E-state index contributed by atoms with van der Waals surface area (Å²) in [5.41, 5.74) is 7.09. The van der Waals surface area contributed by atoms with E-state index in [0.717, 1.165) is 43.7 Å². The Morgan fingerprint density at radius 2 is 1.93 bits per heavy atom. The van der Waals surface area contributed by atoms with Gasteiger partial charge in [0.15, 0.2) is 6.23 Å². The minimum Gasteiger partial charge on any atom is -0.494 e. The Morgan fingerprint density at radius 1 is 1.17 bits per heavy atom. The zero-order valence-corrected chi connectivity index (χ0v) is 17.4. The van der Waals surface area contributed by atoms with E-state index in [2.05, 4.69) is 16.7 Å². The van der Waals surface area contributed by atoms with E-state index in [-0.39, 0.29) is 6.23 Å². The minimum absolute atomic E-state index is 0.286. The van der Waals surface area contributed by atoms with E-state index in [9.17, 15) is 4.79 Å². The number of nitrogens with zero attached hydrogens (tertiary/aromatic N) is 2. The molecular weight excluding hydrogens is 366 g/mol. The highest BCUT2D eigenvalue weighted by Crippen LogP contribution is 2.39. The maximum Gasteiger partial charge on any atom is 0.268 e. The molecule has 158 valence electrons. The molecule has 3 aliphatic rings. The lowest BCUT2D eigenvalue weighted by atomic mass is 10.1. The highest BCUT2D eigenvalue weighted by Gasteiger charge is 2.38. The molecule has 6 nitrogen and oxygen atoms in total. The number of hydrogen-bond acceptors (Lipinski definition) is 5. The summed E-state index contributed by atoms with van der Waals surface area (Å²) in [4.78, 5) is 16.5. The number of rotatable bonds is 8. The number of hydrogen-bond donors (Lipinski definition) is 1. The predicted octanol–water partition coefficient (Wildman–Crippen LogP) is 3.54. The Labute approximate surface area is 173 Å². The number of benzene rings is 1. The van der Waals surface area contributed by atoms with Crippen LogP contribution >= 0.6 is 0 Å². The summed E-state index contributed by atoms with van der Waals surface area (Å²) in [6.45, 7) is 5.36. The van der Waals surface area contributed by atoms with Gasteiger partial charge in [0, 0.05) is 24.2 Å². The second-order valence-electron chi connectivity index (χ2n) is 8.50. The summed E-state index contributed by atoms with van der Waals surface area (Å²) in [5.74, 6) is 0.448. The van der Waals surface area contributed by atoms with Crippen LogP contribution in [0, 0.1) is 0 Å². The molecule has 0 bridgehead atoms. The van der Waals surface area contributed by atoms with Crippen LogP contribution in [0.25, 0.3) is 0 Å². The van der Waals surface area contributed by atoms with Gasteiger partial charge < -0.3 is 25.0 Å². The SMILES string of the molecule is CC1CCCN1CCCOc1ccc(C2OC=C(C(N)=O)N2C2CCCC2)cc1. The number of carbonyl (C=O) groups excluding carboxylic acids is 1. The Bertz CT molecular complexity index is 727. The van der Waals surface area contributed by atoms with Gasteiger partial charge in [-0.2, -0.15) is 0 Å². The van der Waals surface area contributed by atoms with Gasteiger partial charge in [0.2, 0.25) is 0 Å². The molecule has 2 N–H and O–H groups in total. The largest absolute Gasteiger partial charge is 0.494 e. The molecule has 1 aromatic carbocycles. The molecule has 2 unspecified atom stereocenters. The summed E-state index contributed by atoms with van der Waals surface area (Å²) in [7, 11) is 0. The first-order chi connectivity index (χ1) is 14.1. The normalized spacial score (nSPS) is 25.3. The molecular formula is C23H33N3O3. The first kappa shape index (κ1) is 20.1. The second kappa shape index (κ2) is 9.08. The highest BCUT2D eigenvalue weighted by molar-refractivity contribution is 5.91. The molecule has 2 aliphatic heterocycles. The number of primary amides is 1. The first-order valence-electron chi connectivity index (χ1n) is 11.0. The molecule has 0 spiro atoms. The molecule has 2 heterocycles. The second-order valence-corrected chi connectivity index (χ2v) is 8.50. The van der Waals surface area contributed by atoms with Gasteiger partial charge in [-0.1, -0.05) is 12.8 Å². The zero-order valence-electron chi connectivity index (χ0n) is 17.4. The summed E-state index contributed by atoms with van der Waals surface area (Å²) < 4.78 is 11.8. The van der Waals surface area contributed by atoms with Gasteiger partial charge in [-0.15, -0.1) is 0 Å². The van der Waals surface area contributed by atoms with Crippen molar-refractivity contribution < 1.29 is 14.3 Å². The number of nitrogens with two attached hydrogens (primary N) is 1. The predicted molar refractivity (Wildman–Crippen MR) is 112 cm³/mol. The molecule has 1 saturated carbocycles. The quantitative estimate of drug-likeness (QED) is 0.677. The third kappa shape index (κ3) is 4.53. The van der Waals surface area contributed by atoms with Gasteiger partial charge in [-0.05, 0) is 69.8 Å². The van der Waals surface area contributed by atoms with Gasteiger partial charge in [0.05, 0.1) is 6.61 Å². The molecule has 6 heteroatoms. The lowest BCUT2D eigenvalue weighted by Gasteiger charge is -2.32. The van der Waals surface area contributed by atoms with E-state index in [1.807, 2.05) is 24.3 Å². The third-order valence-electron chi connectivity index (χ3n) is 6.52. The van der Waals surface area contributed by atoms with E-state index in [4.69, 9.17) is 15.2 Å². The molecule has 29 heavy (non-hydrogen) atoms. The van der Waals surface area contributed by atoms with Gasteiger partial charge in [0.25, 0.3) is 5.91 Å². The standard InChI is InChI=1S/C23H33N3O3/c1-17-6-4-13-25(17)14-5-15-28-20-11-9-18(10-12-20)23-26(19-7-2-3-8-19)21(16-29-23)22(24)27/h9-12,16-17,19,23H,2-8,13-15H2,1H3,(H2,24,27). The summed E-state index contributed by atoms with van der Waals surface area (Å²) in [6, 6.07) is 9.07. The fourth-order valence-corrected chi connectivity index (χ4v) is 4.89. The summed E-state index contributed by atoms with van der Waals surface area (Å²) in [6.07, 6.45) is 9.42. The smallest absolute Gasteiger partial charge is 0.268 e. The van der Waals surface area contributed by atoms with Crippen molar-refractivity contribution in [2.45, 2.75) is 70.2 Å². The van der Waals surface area contributed by atoms with Gasteiger partial charge in [-0.3, -0.25) is 4.79 Å². The number of amides is 1. The van der Waals surface area contributed by atoms with E-state index >= 15 is 0 Å². The molecule has 1 amide bonds. The summed E-state index contributed by atoms with van der Waals surface area (Å²) in [5, 5.41) is 0. The maximum atomic E-state index is 11.9. The van der Waals surface area contributed by atoms with Crippen molar-refractivity contribution in [3.63, 3.8) is 0 Å². The minimum atomic E-state index is -0.424. The van der Waals surface area contributed by atoms with Crippen molar-refractivity contribution in [2.75, 3.05) is 19.7 Å². The average Bonchev–Trinajstić information content (AvgIpc) is 3.46. The van der Waals surface area contributed by atoms with Crippen molar-refractivity contribution in [1.82, 2.24) is 9.80 Å². The average molecular weight is 400 g/mol. The van der Waals surface area contributed by atoms with Crippen molar-refractivity contribution in [3.05, 3.63) is 41.8 Å². The van der Waals surface area contributed by atoms with Crippen LogP contribution in [0.15, 0.2) is 36.2 Å². The lowest BCUT2D eigenvalue weighted by molar-refractivity contribution is -0.116. The number of likely N-dealkylation sites (tertiary alicyclic amines) is 1. The molecule has 1 aliphatic carbocycles. The van der Waals surface area contributed by atoms with Crippen LogP contribution in [0.3, 0.4) is 0 Å². The van der Waals surface area contributed by atoms with Crippen LogP contribution in [0.2, 0.25) is 0 Å². The van der Waals surface area contributed by atoms with Crippen LogP contribution in [0.5, 0.6) is 5.75 Å². The van der Waals surface area contributed by atoms with E-state index < -0.39 is 5.91 Å². The van der Waals surface area contributed by atoms with Gasteiger partial charge >= 0.3 is 0 Å². The van der Waals surface area contributed by atoms with Crippen LogP contribution in [-0.4, -0.2) is 47.5 Å². The molecule has 1 aromatic rings. The van der Waals surface area contributed by atoms with Crippen molar-refractivity contribution >= 4 is 5.91 Å². The van der Waals surface area contributed by atoms with Crippen molar-refractivity contribution in [1.29, 1.82) is 0 Å². The third-order valence-corrected chi connectivity index (χ3v) is 6.52. The van der Waals surface area contributed by atoms with E-state index in [1.165, 1.54) is 38.5 Å². The maximum absolute atomic E-state index is 11.9. The fraction of sp³-hybridized carbons (Fsp3) is 0.609. The molecule has 0 aromatic heterocycles. The fourth-order valence-electron chi connectivity index (χ4n) is 4.89. The molecule has 2 atom stereocenters. The van der Waals surface area contributed by atoms with Gasteiger partial charge in [0.1, 0.15) is 17.7 Å². The van der Waals surface area contributed by atoms with E-state index in [1.54, 1.807) is 0 Å². The zero-order chi connectivity index (χ0) is 20.2. The highest BCUT2D eigenvalue weighted by atomic mass is 16.5. The lowest BCUT2D eigenvalue weighted by Crippen LogP contribution is -2.37.